The number of fused-ring (bicyclic) bond motifs is 1. The van der Waals surface area contributed by atoms with Crippen LogP contribution in [0.25, 0.3) is 6.08 Å². The Bertz CT molecular complexity index is 825. The number of benzene rings is 1. The molecule has 1 aromatic rings. The standard InChI is InChI=1S/C24H29NO3/c1-27-22-17-25(16-18-8-4-3-5-9-18)13-12-24(22,28-2)15-20-14-19-10-6-7-11-21(19)23(20)26/h3-8,10-11,14,18,22H,9,12-13,15-17H2,1-2H3. The number of hydrogen-bond acceptors (Lipinski definition) is 4. The van der Waals surface area contributed by atoms with Gasteiger partial charge in [0.2, 0.25) is 0 Å². The molecule has 1 fully saturated rings. The fraction of sp³-hybridized carbons (Fsp3) is 0.458. The number of ketones is 1. The molecule has 3 atom stereocenters. The second-order valence-electron chi connectivity index (χ2n) is 8.07. The minimum atomic E-state index is -0.461. The van der Waals surface area contributed by atoms with E-state index >= 15 is 0 Å². The van der Waals surface area contributed by atoms with Crippen molar-refractivity contribution in [2.24, 2.45) is 5.92 Å². The molecule has 0 spiro atoms. The molecule has 4 heteroatoms. The Kier molecular flexibility index (Phi) is 5.63. The molecule has 1 aliphatic heterocycles. The van der Waals surface area contributed by atoms with E-state index in [2.05, 4.69) is 29.2 Å². The zero-order valence-corrected chi connectivity index (χ0v) is 16.8. The van der Waals surface area contributed by atoms with Gasteiger partial charge in [-0.1, -0.05) is 48.6 Å². The fourth-order valence-corrected chi connectivity index (χ4v) is 4.77. The number of likely N-dealkylation sites (tertiary alicyclic amines) is 1. The van der Waals surface area contributed by atoms with Gasteiger partial charge in [0.25, 0.3) is 0 Å². The van der Waals surface area contributed by atoms with E-state index in [0.717, 1.165) is 49.2 Å². The van der Waals surface area contributed by atoms with Gasteiger partial charge in [-0.25, -0.2) is 0 Å². The van der Waals surface area contributed by atoms with E-state index in [1.165, 1.54) is 0 Å². The Morgan fingerprint density at radius 2 is 2.07 bits per heavy atom. The molecule has 0 aromatic heterocycles. The maximum Gasteiger partial charge on any atom is 0.189 e. The average molecular weight is 380 g/mol. The van der Waals surface area contributed by atoms with Crippen LogP contribution in [0.3, 0.4) is 0 Å². The number of carbonyl (C=O) groups excluding carboxylic acids is 1. The topological polar surface area (TPSA) is 38.8 Å². The zero-order valence-electron chi connectivity index (χ0n) is 16.8. The number of piperidine rings is 1. The second-order valence-corrected chi connectivity index (χ2v) is 8.07. The molecular weight excluding hydrogens is 350 g/mol. The van der Waals surface area contributed by atoms with Crippen LogP contribution in [0.15, 0.2) is 54.1 Å². The quantitative estimate of drug-likeness (QED) is 0.752. The van der Waals surface area contributed by atoms with Crippen LogP contribution in [-0.4, -0.2) is 56.2 Å². The Morgan fingerprint density at radius 3 is 2.79 bits per heavy atom. The van der Waals surface area contributed by atoms with Gasteiger partial charge in [0.05, 0.1) is 6.10 Å². The third-order valence-corrected chi connectivity index (χ3v) is 6.43. The summed E-state index contributed by atoms with van der Waals surface area (Å²) in [5.41, 5.74) is 2.18. The van der Waals surface area contributed by atoms with E-state index in [4.69, 9.17) is 9.47 Å². The molecule has 148 valence electrons. The van der Waals surface area contributed by atoms with Gasteiger partial charge in [-0.05, 0) is 30.4 Å². The minimum absolute atomic E-state index is 0.0632. The monoisotopic (exact) mass is 379 g/mol. The van der Waals surface area contributed by atoms with Crippen molar-refractivity contribution in [3.8, 4) is 0 Å². The van der Waals surface area contributed by atoms with Gasteiger partial charge < -0.3 is 9.47 Å². The van der Waals surface area contributed by atoms with Crippen LogP contribution in [-0.2, 0) is 9.47 Å². The molecule has 28 heavy (non-hydrogen) atoms. The summed E-state index contributed by atoms with van der Waals surface area (Å²) in [5, 5.41) is 0. The maximum absolute atomic E-state index is 12.9. The van der Waals surface area contributed by atoms with Gasteiger partial charge in [0, 0.05) is 51.4 Å². The Hall–Kier alpha value is -2.01. The van der Waals surface area contributed by atoms with E-state index < -0.39 is 5.60 Å². The van der Waals surface area contributed by atoms with Crippen LogP contribution in [0.1, 0.15) is 35.2 Å². The van der Waals surface area contributed by atoms with E-state index in [1.54, 1.807) is 14.2 Å². The van der Waals surface area contributed by atoms with Gasteiger partial charge in [0.15, 0.2) is 5.78 Å². The first-order chi connectivity index (χ1) is 13.6. The molecule has 0 bridgehead atoms. The van der Waals surface area contributed by atoms with E-state index in [9.17, 15) is 4.79 Å². The second kappa shape index (κ2) is 8.16. The van der Waals surface area contributed by atoms with Crippen LogP contribution >= 0.6 is 0 Å². The van der Waals surface area contributed by atoms with Crippen molar-refractivity contribution in [3.05, 3.63) is 65.3 Å². The average Bonchev–Trinajstić information content (AvgIpc) is 3.05. The largest absolute Gasteiger partial charge is 0.377 e. The van der Waals surface area contributed by atoms with Crippen LogP contribution < -0.4 is 0 Å². The maximum atomic E-state index is 12.9. The number of allylic oxidation sites excluding steroid dienone is 3. The van der Waals surface area contributed by atoms with Gasteiger partial charge in [-0.3, -0.25) is 9.69 Å². The summed E-state index contributed by atoms with van der Waals surface area (Å²) in [5.74, 6) is 0.689. The summed E-state index contributed by atoms with van der Waals surface area (Å²) < 4.78 is 12.0. The highest BCUT2D eigenvalue weighted by Crippen LogP contribution is 2.38. The number of carbonyl (C=O) groups is 1. The lowest BCUT2D eigenvalue weighted by Crippen LogP contribution is -2.58. The third kappa shape index (κ3) is 3.64. The first-order valence-corrected chi connectivity index (χ1v) is 10.1. The van der Waals surface area contributed by atoms with Crippen LogP contribution in [0.4, 0.5) is 0 Å². The molecule has 2 aliphatic carbocycles. The SMILES string of the molecule is COC1CN(CC2C=CC=CC2)CCC1(CC1=Cc2ccccc2C1=O)OC. The number of Topliss-reactive ketones (excluding diaryl/α,β-unsaturated/α-hetero) is 1. The highest BCUT2D eigenvalue weighted by molar-refractivity contribution is 6.17. The number of hydrogen-bond donors (Lipinski definition) is 0. The molecule has 0 radical (unpaired) electrons. The molecule has 3 aliphatic rings. The van der Waals surface area contributed by atoms with Gasteiger partial charge >= 0.3 is 0 Å². The highest BCUT2D eigenvalue weighted by Gasteiger charge is 2.45. The van der Waals surface area contributed by atoms with Gasteiger partial charge in [0.1, 0.15) is 5.60 Å². The predicted octanol–water partition coefficient (Wildman–Crippen LogP) is 3.89. The molecule has 4 nitrogen and oxygen atoms in total. The summed E-state index contributed by atoms with van der Waals surface area (Å²) in [6, 6.07) is 7.80. The smallest absolute Gasteiger partial charge is 0.189 e. The summed E-state index contributed by atoms with van der Waals surface area (Å²) in [4.78, 5) is 15.3. The lowest BCUT2D eigenvalue weighted by molar-refractivity contribution is -0.152. The lowest BCUT2D eigenvalue weighted by Gasteiger charge is -2.47. The van der Waals surface area contributed by atoms with Gasteiger partial charge in [-0.2, -0.15) is 0 Å². The molecule has 1 saturated heterocycles. The summed E-state index contributed by atoms with van der Waals surface area (Å²) in [7, 11) is 3.51. The lowest BCUT2D eigenvalue weighted by atomic mass is 9.81. The minimum Gasteiger partial charge on any atom is -0.377 e. The van der Waals surface area contributed by atoms with E-state index in [1.807, 2.05) is 30.3 Å². The number of ether oxygens (including phenoxy) is 2. The number of rotatable bonds is 6. The molecule has 0 saturated carbocycles. The molecule has 0 N–H and O–H groups in total. The highest BCUT2D eigenvalue weighted by atomic mass is 16.5. The number of nitrogens with zero attached hydrogens (tertiary/aromatic N) is 1. The summed E-state index contributed by atoms with van der Waals surface area (Å²) >= 11 is 0. The van der Waals surface area contributed by atoms with Crippen molar-refractivity contribution in [2.45, 2.75) is 31.0 Å². The summed E-state index contributed by atoms with van der Waals surface area (Å²) in [6.07, 6.45) is 13.3. The van der Waals surface area contributed by atoms with Crippen molar-refractivity contribution in [2.75, 3.05) is 33.9 Å². The van der Waals surface area contributed by atoms with Crippen molar-refractivity contribution in [3.63, 3.8) is 0 Å². The van der Waals surface area contributed by atoms with E-state index in [0.29, 0.717) is 12.3 Å². The van der Waals surface area contributed by atoms with Crippen LogP contribution in [0.2, 0.25) is 0 Å². The fourth-order valence-electron chi connectivity index (χ4n) is 4.77. The predicted molar refractivity (Wildman–Crippen MR) is 111 cm³/mol. The molecule has 1 aromatic carbocycles. The van der Waals surface area contributed by atoms with E-state index in [-0.39, 0.29) is 11.9 Å². The molecular formula is C24H29NO3. The molecule has 0 amide bonds. The number of methoxy groups -OCH3 is 2. The normalized spacial score (nSPS) is 29.8. The first-order valence-electron chi connectivity index (χ1n) is 10.1. The molecule has 4 rings (SSSR count). The first kappa shape index (κ1) is 19.3. The Morgan fingerprint density at radius 1 is 1.21 bits per heavy atom. The molecule has 1 heterocycles. The van der Waals surface area contributed by atoms with Crippen molar-refractivity contribution in [1.29, 1.82) is 0 Å². The van der Waals surface area contributed by atoms with Crippen LogP contribution in [0.5, 0.6) is 0 Å². The van der Waals surface area contributed by atoms with Crippen LogP contribution in [0, 0.1) is 5.92 Å². The van der Waals surface area contributed by atoms with Crippen molar-refractivity contribution in [1.82, 2.24) is 4.90 Å². The Balaban J connectivity index is 1.47. The third-order valence-electron chi connectivity index (χ3n) is 6.43. The van der Waals surface area contributed by atoms with Gasteiger partial charge in [-0.15, -0.1) is 0 Å². The van der Waals surface area contributed by atoms with Crippen molar-refractivity contribution < 1.29 is 14.3 Å². The Labute approximate surface area is 167 Å². The summed E-state index contributed by atoms with van der Waals surface area (Å²) in [6.45, 7) is 2.82. The van der Waals surface area contributed by atoms with Crippen molar-refractivity contribution >= 4 is 11.9 Å². The zero-order chi connectivity index (χ0) is 19.6. The molecule has 3 unspecified atom stereocenters.